The predicted octanol–water partition coefficient (Wildman–Crippen LogP) is 2.00. The quantitative estimate of drug-likeness (QED) is 0.605. The second kappa shape index (κ2) is 8.70. The van der Waals surface area contributed by atoms with Crippen LogP contribution in [0.4, 0.5) is 0 Å². The summed E-state index contributed by atoms with van der Waals surface area (Å²) in [7, 11) is 1.42. The molecule has 0 aliphatic carbocycles. The van der Waals surface area contributed by atoms with Gasteiger partial charge in [0.05, 0.1) is 17.7 Å². The van der Waals surface area contributed by atoms with Gasteiger partial charge in [-0.2, -0.15) is 0 Å². The zero-order valence-electron chi connectivity index (χ0n) is 13.2. The first-order chi connectivity index (χ1) is 12.0. The summed E-state index contributed by atoms with van der Waals surface area (Å²) in [6.45, 7) is -0.362. The lowest BCUT2D eigenvalue weighted by molar-refractivity contribution is -0.123. The number of hydrogen-bond acceptors (Lipinski definition) is 5. The van der Waals surface area contributed by atoms with Gasteiger partial charge in [-0.15, -0.1) is 0 Å². The van der Waals surface area contributed by atoms with Crippen LogP contribution in [0.25, 0.3) is 0 Å². The van der Waals surface area contributed by atoms with Gasteiger partial charge >= 0.3 is 0 Å². The van der Waals surface area contributed by atoms with Crippen LogP contribution in [0.1, 0.15) is 20.7 Å². The van der Waals surface area contributed by atoms with Crippen molar-refractivity contribution in [3.63, 3.8) is 0 Å². The van der Waals surface area contributed by atoms with Crippen molar-refractivity contribution in [3.05, 3.63) is 58.6 Å². The molecule has 0 aliphatic rings. The van der Waals surface area contributed by atoms with Gasteiger partial charge in [-0.1, -0.05) is 23.7 Å². The molecule has 7 nitrogen and oxygen atoms in total. The standard InChI is InChI=1S/C17H15ClN2O5/c1-24-15-8-11(9-21)6-7-14(15)25-10-16(22)19-20-17(23)12-4-2-3-5-13(12)18/h2-9H,10H2,1H3,(H,19,22)(H,20,23). The van der Waals surface area contributed by atoms with Gasteiger partial charge in [0.2, 0.25) is 0 Å². The third-order valence-corrected chi connectivity index (χ3v) is 3.45. The fraction of sp³-hybridized carbons (Fsp3) is 0.118. The molecule has 130 valence electrons. The van der Waals surface area contributed by atoms with Crippen LogP contribution in [-0.4, -0.2) is 31.8 Å². The Kier molecular flexibility index (Phi) is 6.36. The summed E-state index contributed by atoms with van der Waals surface area (Å²) in [6, 6.07) is 11.0. The Bertz CT molecular complexity index is 794. The number of hydrazine groups is 1. The number of methoxy groups -OCH3 is 1. The van der Waals surface area contributed by atoms with Crippen molar-refractivity contribution in [2.75, 3.05) is 13.7 Å². The number of aldehydes is 1. The van der Waals surface area contributed by atoms with Crippen LogP contribution in [0, 0.1) is 0 Å². The van der Waals surface area contributed by atoms with Crippen LogP contribution in [0.3, 0.4) is 0 Å². The van der Waals surface area contributed by atoms with Gasteiger partial charge in [0.1, 0.15) is 6.29 Å². The normalized spacial score (nSPS) is 9.84. The van der Waals surface area contributed by atoms with E-state index >= 15 is 0 Å². The second-order valence-electron chi connectivity index (χ2n) is 4.80. The monoisotopic (exact) mass is 362 g/mol. The number of benzene rings is 2. The van der Waals surface area contributed by atoms with E-state index in [0.29, 0.717) is 23.3 Å². The molecule has 0 saturated carbocycles. The minimum absolute atomic E-state index is 0.233. The van der Waals surface area contributed by atoms with Gasteiger partial charge in [-0.05, 0) is 30.3 Å². The van der Waals surface area contributed by atoms with Crippen molar-refractivity contribution in [2.45, 2.75) is 0 Å². The molecule has 0 aliphatic heterocycles. The summed E-state index contributed by atoms with van der Waals surface area (Å²) in [6.07, 6.45) is 0.670. The Morgan fingerprint density at radius 2 is 1.88 bits per heavy atom. The van der Waals surface area contributed by atoms with E-state index in [1.54, 1.807) is 18.2 Å². The molecule has 25 heavy (non-hydrogen) atoms. The zero-order valence-corrected chi connectivity index (χ0v) is 14.0. The molecule has 0 fully saturated rings. The van der Waals surface area contributed by atoms with Crippen molar-refractivity contribution in [3.8, 4) is 11.5 Å². The Hall–Kier alpha value is -3.06. The van der Waals surface area contributed by atoms with Crippen LogP contribution in [0.5, 0.6) is 11.5 Å². The number of amides is 2. The van der Waals surface area contributed by atoms with Crippen LogP contribution in [-0.2, 0) is 4.79 Å². The first-order valence-corrected chi connectivity index (χ1v) is 7.52. The van der Waals surface area contributed by atoms with E-state index in [-0.39, 0.29) is 17.2 Å². The molecule has 0 aromatic heterocycles. The van der Waals surface area contributed by atoms with Crippen LogP contribution >= 0.6 is 11.6 Å². The molecule has 8 heteroatoms. The highest BCUT2D eigenvalue weighted by atomic mass is 35.5. The molecule has 0 radical (unpaired) electrons. The molecule has 0 heterocycles. The number of ether oxygens (including phenoxy) is 2. The molecule has 2 amide bonds. The van der Waals surface area contributed by atoms with E-state index in [1.807, 2.05) is 0 Å². The van der Waals surface area contributed by atoms with Crippen LogP contribution < -0.4 is 20.3 Å². The molecule has 0 bridgehead atoms. The minimum atomic E-state index is -0.582. The maximum Gasteiger partial charge on any atom is 0.276 e. The number of halogens is 1. The Balaban J connectivity index is 1.88. The predicted molar refractivity (Wildman–Crippen MR) is 90.9 cm³/mol. The van der Waals surface area contributed by atoms with Gasteiger partial charge in [0.15, 0.2) is 18.1 Å². The summed E-state index contributed by atoms with van der Waals surface area (Å²) < 4.78 is 10.4. The summed E-state index contributed by atoms with van der Waals surface area (Å²) in [5.41, 5.74) is 5.11. The van der Waals surface area contributed by atoms with Crippen LogP contribution in [0.15, 0.2) is 42.5 Å². The molecule has 2 aromatic rings. The van der Waals surface area contributed by atoms with Gasteiger partial charge in [0, 0.05) is 5.56 Å². The van der Waals surface area contributed by atoms with Crippen molar-refractivity contribution in [1.82, 2.24) is 10.9 Å². The fourth-order valence-corrected chi connectivity index (χ4v) is 2.12. The lowest BCUT2D eigenvalue weighted by Crippen LogP contribution is -2.43. The minimum Gasteiger partial charge on any atom is -0.493 e. The molecule has 2 rings (SSSR count). The summed E-state index contributed by atoms with van der Waals surface area (Å²) in [5, 5.41) is 0.269. The molecular weight excluding hydrogens is 348 g/mol. The first-order valence-electron chi connectivity index (χ1n) is 7.15. The molecule has 0 spiro atoms. The third kappa shape index (κ3) is 4.95. The van der Waals surface area contributed by atoms with Crippen molar-refractivity contribution in [2.24, 2.45) is 0 Å². The molecule has 2 aromatic carbocycles. The Labute approximate surface area is 148 Å². The van der Waals surface area contributed by atoms with E-state index in [4.69, 9.17) is 21.1 Å². The largest absolute Gasteiger partial charge is 0.493 e. The van der Waals surface area contributed by atoms with Crippen LogP contribution in [0.2, 0.25) is 5.02 Å². The molecule has 0 atom stereocenters. The average molecular weight is 363 g/mol. The van der Waals surface area contributed by atoms with Gasteiger partial charge < -0.3 is 9.47 Å². The fourth-order valence-electron chi connectivity index (χ4n) is 1.90. The van der Waals surface area contributed by atoms with Gasteiger partial charge in [-0.25, -0.2) is 0 Å². The van der Waals surface area contributed by atoms with Crippen molar-refractivity contribution in [1.29, 1.82) is 0 Å². The second-order valence-corrected chi connectivity index (χ2v) is 5.21. The van der Waals surface area contributed by atoms with Crippen molar-refractivity contribution >= 4 is 29.7 Å². The van der Waals surface area contributed by atoms with E-state index in [9.17, 15) is 14.4 Å². The molecule has 0 saturated heterocycles. The van der Waals surface area contributed by atoms with E-state index in [0.717, 1.165) is 0 Å². The number of carbonyl (C=O) groups excluding carboxylic acids is 3. The highest BCUT2D eigenvalue weighted by Gasteiger charge is 2.12. The van der Waals surface area contributed by atoms with E-state index in [2.05, 4.69) is 10.9 Å². The molecule has 0 unspecified atom stereocenters. The average Bonchev–Trinajstić information content (AvgIpc) is 2.64. The summed E-state index contributed by atoms with van der Waals surface area (Å²) >= 11 is 5.90. The topological polar surface area (TPSA) is 93.7 Å². The number of nitrogens with one attached hydrogen (secondary N) is 2. The smallest absolute Gasteiger partial charge is 0.276 e. The maximum absolute atomic E-state index is 11.9. The highest BCUT2D eigenvalue weighted by molar-refractivity contribution is 6.33. The lowest BCUT2D eigenvalue weighted by Gasteiger charge is -2.12. The number of hydrogen-bond donors (Lipinski definition) is 2. The lowest BCUT2D eigenvalue weighted by atomic mass is 10.2. The number of carbonyl (C=O) groups is 3. The first kappa shape index (κ1) is 18.3. The maximum atomic E-state index is 11.9. The van der Waals surface area contributed by atoms with Gasteiger partial charge in [-0.3, -0.25) is 25.2 Å². The highest BCUT2D eigenvalue weighted by Crippen LogP contribution is 2.27. The Morgan fingerprint density at radius 1 is 1.12 bits per heavy atom. The van der Waals surface area contributed by atoms with Gasteiger partial charge in [0.25, 0.3) is 11.8 Å². The van der Waals surface area contributed by atoms with E-state index in [1.165, 1.54) is 31.4 Å². The Morgan fingerprint density at radius 3 is 2.56 bits per heavy atom. The molecule has 2 N–H and O–H groups in total. The third-order valence-electron chi connectivity index (χ3n) is 3.12. The van der Waals surface area contributed by atoms with Crippen molar-refractivity contribution < 1.29 is 23.9 Å². The molecular formula is C17H15ClN2O5. The summed E-state index contributed by atoms with van der Waals surface area (Å²) in [4.78, 5) is 34.4. The SMILES string of the molecule is COc1cc(C=O)ccc1OCC(=O)NNC(=O)c1ccccc1Cl. The number of rotatable bonds is 6. The zero-order chi connectivity index (χ0) is 18.2. The van der Waals surface area contributed by atoms with E-state index < -0.39 is 11.8 Å². The summed E-state index contributed by atoms with van der Waals surface area (Å²) in [5.74, 6) is -0.521.